The first-order valence-corrected chi connectivity index (χ1v) is 4.51. The van der Waals surface area contributed by atoms with E-state index in [9.17, 15) is 9.59 Å². The van der Waals surface area contributed by atoms with Crippen molar-refractivity contribution < 1.29 is 19.1 Å². The Labute approximate surface area is 85.3 Å². The number of rotatable bonds is 3. The third kappa shape index (κ3) is 1.58. The van der Waals surface area contributed by atoms with E-state index in [1.165, 1.54) is 0 Å². The zero-order valence-corrected chi connectivity index (χ0v) is 8.11. The van der Waals surface area contributed by atoms with Gasteiger partial charge < -0.3 is 14.8 Å². The first-order chi connectivity index (χ1) is 7.05. The zero-order chi connectivity index (χ0) is 11.1. The Balaban J connectivity index is 2.11. The van der Waals surface area contributed by atoms with Gasteiger partial charge in [-0.05, 0) is 19.8 Å². The van der Waals surface area contributed by atoms with E-state index < -0.39 is 17.4 Å². The highest BCUT2D eigenvalue weighted by molar-refractivity contribution is 5.98. The van der Waals surface area contributed by atoms with Crippen molar-refractivity contribution in [1.29, 1.82) is 0 Å². The molecule has 80 valence electrons. The molecule has 0 spiro atoms. The number of aryl methyl sites for hydroxylation is 1. The lowest BCUT2D eigenvalue weighted by Crippen LogP contribution is -2.43. The van der Waals surface area contributed by atoms with E-state index in [0.717, 1.165) is 6.39 Å². The smallest absolute Gasteiger partial charge is 0.329 e. The highest BCUT2D eigenvalue weighted by Gasteiger charge is 2.52. The van der Waals surface area contributed by atoms with E-state index in [1.54, 1.807) is 6.92 Å². The molecule has 1 amide bonds. The molecular formula is C9H10N2O4. The fourth-order valence-electron chi connectivity index (χ4n) is 1.32. The van der Waals surface area contributed by atoms with E-state index in [2.05, 4.69) is 10.3 Å². The number of carbonyl (C=O) groups excluding carboxylic acids is 1. The Hall–Kier alpha value is -1.85. The minimum atomic E-state index is -1.08. The Morgan fingerprint density at radius 2 is 2.27 bits per heavy atom. The van der Waals surface area contributed by atoms with E-state index >= 15 is 0 Å². The SMILES string of the molecule is Cc1ocnc1C(=O)NC1(C(=O)O)CC1. The Bertz CT molecular complexity index is 420. The molecule has 2 N–H and O–H groups in total. The number of nitrogens with one attached hydrogen (secondary N) is 1. The molecule has 0 unspecified atom stereocenters. The predicted molar refractivity (Wildman–Crippen MR) is 48.3 cm³/mol. The van der Waals surface area contributed by atoms with Crippen LogP contribution in [-0.2, 0) is 4.79 Å². The monoisotopic (exact) mass is 210 g/mol. The minimum absolute atomic E-state index is 0.141. The van der Waals surface area contributed by atoms with Crippen molar-refractivity contribution in [2.24, 2.45) is 0 Å². The number of carboxylic acids is 1. The number of aromatic nitrogens is 1. The molecule has 6 heteroatoms. The van der Waals surface area contributed by atoms with Crippen LogP contribution in [0.15, 0.2) is 10.8 Å². The van der Waals surface area contributed by atoms with Crippen LogP contribution in [0.2, 0.25) is 0 Å². The van der Waals surface area contributed by atoms with Gasteiger partial charge in [0.05, 0.1) is 0 Å². The van der Waals surface area contributed by atoms with Crippen LogP contribution < -0.4 is 5.32 Å². The highest BCUT2D eigenvalue weighted by Crippen LogP contribution is 2.35. The standard InChI is InChI=1S/C9H10N2O4/c1-5-6(10-4-15-5)7(12)11-9(2-3-9)8(13)14/h4H,2-3H2,1H3,(H,11,12)(H,13,14). The topological polar surface area (TPSA) is 92.4 Å². The number of amides is 1. The van der Waals surface area contributed by atoms with E-state index in [-0.39, 0.29) is 5.69 Å². The van der Waals surface area contributed by atoms with Crippen molar-refractivity contribution in [2.45, 2.75) is 25.3 Å². The molecule has 0 aliphatic heterocycles. The molecule has 15 heavy (non-hydrogen) atoms. The number of hydrogen-bond acceptors (Lipinski definition) is 4. The van der Waals surface area contributed by atoms with Crippen LogP contribution in [-0.4, -0.2) is 27.5 Å². The Morgan fingerprint density at radius 1 is 1.60 bits per heavy atom. The summed E-state index contributed by atoms with van der Waals surface area (Å²) in [7, 11) is 0. The molecule has 1 aromatic heterocycles. The molecule has 0 bridgehead atoms. The number of aliphatic carboxylic acids is 1. The number of nitrogens with zero attached hydrogens (tertiary/aromatic N) is 1. The molecule has 0 saturated heterocycles. The van der Waals surface area contributed by atoms with Gasteiger partial charge in [0.1, 0.15) is 11.3 Å². The lowest BCUT2D eigenvalue weighted by Gasteiger charge is -2.10. The molecule has 6 nitrogen and oxygen atoms in total. The molecule has 1 aromatic rings. The molecule has 1 aliphatic carbocycles. The predicted octanol–water partition coefficient (Wildman–Crippen LogP) is 0.330. The summed E-state index contributed by atoms with van der Waals surface area (Å²) in [6.45, 7) is 1.60. The first kappa shape index (κ1) is 9.70. The van der Waals surface area contributed by atoms with Crippen molar-refractivity contribution in [1.82, 2.24) is 10.3 Å². The highest BCUT2D eigenvalue weighted by atomic mass is 16.4. The normalized spacial score (nSPS) is 17.1. The van der Waals surface area contributed by atoms with Crippen LogP contribution in [0.3, 0.4) is 0 Å². The van der Waals surface area contributed by atoms with Crippen LogP contribution in [0.25, 0.3) is 0 Å². The second kappa shape index (κ2) is 3.08. The summed E-state index contributed by atoms with van der Waals surface area (Å²) in [4.78, 5) is 26.1. The van der Waals surface area contributed by atoms with Gasteiger partial charge in [-0.3, -0.25) is 4.79 Å². The van der Waals surface area contributed by atoms with Crippen molar-refractivity contribution in [2.75, 3.05) is 0 Å². The van der Waals surface area contributed by atoms with Crippen molar-refractivity contribution in [3.63, 3.8) is 0 Å². The molecular weight excluding hydrogens is 200 g/mol. The summed E-state index contributed by atoms with van der Waals surface area (Å²) >= 11 is 0. The number of carbonyl (C=O) groups is 2. The fourth-order valence-corrected chi connectivity index (χ4v) is 1.32. The van der Waals surface area contributed by atoms with Gasteiger partial charge in [-0.2, -0.15) is 0 Å². The summed E-state index contributed by atoms with van der Waals surface area (Å²) in [6.07, 6.45) is 2.08. The van der Waals surface area contributed by atoms with Crippen molar-refractivity contribution >= 4 is 11.9 Å². The molecule has 0 radical (unpaired) electrons. The van der Waals surface area contributed by atoms with E-state index in [4.69, 9.17) is 9.52 Å². The van der Waals surface area contributed by atoms with Crippen LogP contribution >= 0.6 is 0 Å². The van der Waals surface area contributed by atoms with Crippen LogP contribution in [0, 0.1) is 6.92 Å². The average Bonchev–Trinajstić information content (AvgIpc) is 2.82. The van der Waals surface area contributed by atoms with Crippen molar-refractivity contribution in [3.8, 4) is 0 Å². The molecule has 0 atom stereocenters. The summed E-state index contributed by atoms with van der Waals surface area (Å²) < 4.78 is 4.86. The van der Waals surface area contributed by atoms with Gasteiger partial charge in [0.25, 0.3) is 5.91 Å². The van der Waals surface area contributed by atoms with Gasteiger partial charge in [0.15, 0.2) is 12.1 Å². The fraction of sp³-hybridized carbons (Fsp3) is 0.444. The first-order valence-electron chi connectivity index (χ1n) is 4.51. The van der Waals surface area contributed by atoms with Crippen LogP contribution in [0.4, 0.5) is 0 Å². The molecule has 2 rings (SSSR count). The average molecular weight is 210 g/mol. The number of hydrogen-bond donors (Lipinski definition) is 2. The third-order valence-electron chi connectivity index (χ3n) is 2.47. The number of carboxylic acid groups (broad SMARTS) is 1. The van der Waals surface area contributed by atoms with Crippen LogP contribution in [0.5, 0.6) is 0 Å². The Kier molecular flexibility index (Phi) is 1.99. The van der Waals surface area contributed by atoms with Gasteiger partial charge in [-0.25, -0.2) is 9.78 Å². The summed E-state index contributed by atoms with van der Waals surface area (Å²) in [6, 6.07) is 0. The molecule has 1 saturated carbocycles. The second-order valence-corrected chi connectivity index (χ2v) is 3.60. The maximum absolute atomic E-state index is 11.6. The summed E-state index contributed by atoms with van der Waals surface area (Å²) in [5.41, 5.74) is -0.940. The lowest BCUT2D eigenvalue weighted by molar-refractivity contribution is -0.140. The van der Waals surface area contributed by atoms with Gasteiger partial charge in [0.2, 0.25) is 0 Å². The summed E-state index contributed by atoms with van der Waals surface area (Å²) in [5.74, 6) is -1.12. The molecule has 0 aromatic carbocycles. The van der Waals surface area contributed by atoms with Crippen molar-refractivity contribution in [3.05, 3.63) is 17.8 Å². The van der Waals surface area contributed by atoms with Gasteiger partial charge in [-0.1, -0.05) is 0 Å². The van der Waals surface area contributed by atoms with E-state index in [1.807, 2.05) is 0 Å². The van der Waals surface area contributed by atoms with Gasteiger partial charge in [0, 0.05) is 0 Å². The molecule has 1 fully saturated rings. The third-order valence-corrected chi connectivity index (χ3v) is 2.47. The van der Waals surface area contributed by atoms with Crippen LogP contribution in [0.1, 0.15) is 29.1 Å². The second-order valence-electron chi connectivity index (χ2n) is 3.60. The maximum Gasteiger partial charge on any atom is 0.329 e. The van der Waals surface area contributed by atoms with E-state index in [0.29, 0.717) is 18.6 Å². The quantitative estimate of drug-likeness (QED) is 0.749. The lowest BCUT2D eigenvalue weighted by atomic mass is 10.2. The maximum atomic E-state index is 11.6. The number of oxazole rings is 1. The zero-order valence-electron chi connectivity index (χ0n) is 8.11. The Morgan fingerprint density at radius 3 is 2.67 bits per heavy atom. The minimum Gasteiger partial charge on any atom is -0.480 e. The summed E-state index contributed by atoms with van der Waals surface area (Å²) in [5, 5.41) is 11.3. The van der Waals surface area contributed by atoms with Gasteiger partial charge >= 0.3 is 5.97 Å². The van der Waals surface area contributed by atoms with Gasteiger partial charge in [-0.15, -0.1) is 0 Å². The molecule has 1 aliphatic rings. The largest absolute Gasteiger partial charge is 0.480 e. The molecule has 1 heterocycles.